The maximum atomic E-state index is 1.94. The summed E-state index contributed by atoms with van der Waals surface area (Å²) in [5.41, 5.74) is 7.66. The molecular formula is C20H30. The molecule has 20 heavy (non-hydrogen) atoms. The van der Waals surface area contributed by atoms with Gasteiger partial charge in [-0.1, -0.05) is 22.3 Å². The van der Waals surface area contributed by atoms with Crippen LogP contribution in [0.5, 0.6) is 0 Å². The Bertz CT molecular complexity index is 395. The van der Waals surface area contributed by atoms with E-state index >= 15 is 0 Å². The molecule has 0 nitrogen and oxygen atoms in total. The van der Waals surface area contributed by atoms with Crippen molar-refractivity contribution in [3.05, 3.63) is 22.3 Å². The van der Waals surface area contributed by atoms with Gasteiger partial charge in [0.1, 0.15) is 0 Å². The highest BCUT2D eigenvalue weighted by molar-refractivity contribution is 5.27. The van der Waals surface area contributed by atoms with E-state index in [1.54, 1.807) is 0 Å². The van der Waals surface area contributed by atoms with Gasteiger partial charge in [-0.2, -0.15) is 0 Å². The SMILES string of the molecule is C1CCC2=C(C1)CCC2CCC1CCC2=C1CCCC2. The van der Waals surface area contributed by atoms with Crippen LogP contribution in [-0.2, 0) is 0 Å². The lowest BCUT2D eigenvalue weighted by atomic mass is 9.82. The fraction of sp³-hybridized carbons (Fsp3) is 0.800. The van der Waals surface area contributed by atoms with Crippen molar-refractivity contribution < 1.29 is 0 Å². The average Bonchev–Trinajstić information content (AvgIpc) is 3.09. The fourth-order valence-corrected chi connectivity index (χ4v) is 5.62. The van der Waals surface area contributed by atoms with E-state index in [1.807, 2.05) is 22.3 Å². The van der Waals surface area contributed by atoms with Crippen LogP contribution in [-0.4, -0.2) is 0 Å². The van der Waals surface area contributed by atoms with Crippen LogP contribution in [0, 0.1) is 11.8 Å². The quantitative estimate of drug-likeness (QED) is 0.526. The van der Waals surface area contributed by atoms with E-state index < -0.39 is 0 Å². The second kappa shape index (κ2) is 5.70. The predicted octanol–water partition coefficient (Wildman–Crippen LogP) is 6.33. The molecule has 0 bridgehead atoms. The number of hydrogen-bond acceptors (Lipinski definition) is 0. The standard InChI is InChI=1S/C20H30/c1-3-7-19-15(5-1)9-11-17(19)13-14-18-12-10-16-6-2-4-8-20(16)18/h17-18H,1-14H2. The molecular weight excluding hydrogens is 240 g/mol. The zero-order valence-corrected chi connectivity index (χ0v) is 13.1. The Kier molecular flexibility index (Phi) is 3.75. The van der Waals surface area contributed by atoms with E-state index in [9.17, 15) is 0 Å². The molecule has 0 N–H and O–H groups in total. The molecule has 0 fully saturated rings. The lowest BCUT2D eigenvalue weighted by molar-refractivity contribution is 0.437. The summed E-state index contributed by atoms with van der Waals surface area (Å²) in [5.74, 6) is 2.00. The monoisotopic (exact) mass is 270 g/mol. The largest absolute Gasteiger partial charge is 0.0707 e. The minimum atomic E-state index is 0.999. The van der Waals surface area contributed by atoms with Crippen LogP contribution in [0.3, 0.4) is 0 Å². The van der Waals surface area contributed by atoms with E-state index in [4.69, 9.17) is 0 Å². The van der Waals surface area contributed by atoms with Crippen LogP contribution in [0.2, 0.25) is 0 Å². The fourth-order valence-electron chi connectivity index (χ4n) is 5.62. The van der Waals surface area contributed by atoms with E-state index in [1.165, 1.54) is 89.9 Å². The molecule has 0 saturated heterocycles. The summed E-state index contributed by atoms with van der Waals surface area (Å²) in [4.78, 5) is 0. The van der Waals surface area contributed by atoms with Gasteiger partial charge in [-0.3, -0.25) is 0 Å². The van der Waals surface area contributed by atoms with Crippen molar-refractivity contribution in [2.24, 2.45) is 11.8 Å². The van der Waals surface area contributed by atoms with Gasteiger partial charge in [0.05, 0.1) is 0 Å². The smallest absolute Gasteiger partial charge is 0.0197 e. The minimum absolute atomic E-state index is 0.999. The van der Waals surface area contributed by atoms with Gasteiger partial charge in [0.2, 0.25) is 0 Å². The Hall–Kier alpha value is -0.520. The summed E-state index contributed by atoms with van der Waals surface area (Å²) in [6.45, 7) is 0. The Balaban J connectivity index is 1.37. The number of allylic oxidation sites excluding steroid dienone is 4. The van der Waals surface area contributed by atoms with E-state index in [2.05, 4.69) is 0 Å². The zero-order valence-electron chi connectivity index (χ0n) is 13.1. The predicted molar refractivity (Wildman–Crippen MR) is 85.7 cm³/mol. The lowest BCUT2D eigenvalue weighted by Crippen LogP contribution is -2.08. The molecule has 0 saturated carbocycles. The van der Waals surface area contributed by atoms with Gasteiger partial charge in [-0.25, -0.2) is 0 Å². The first-order valence-corrected chi connectivity index (χ1v) is 9.33. The molecule has 0 spiro atoms. The topological polar surface area (TPSA) is 0 Å². The summed E-state index contributed by atoms with van der Waals surface area (Å²) in [6.07, 6.45) is 20.7. The third-order valence-electron chi connectivity index (χ3n) is 6.70. The number of rotatable bonds is 3. The third kappa shape index (κ3) is 2.40. The Morgan fingerprint density at radius 3 is 1.50 bits per heavy atom. The van der Waals surface area contributed by atoms with Crippen molar-refractivity contribution in [2.45, 2.75) is 89.9 Å². The molecule has 0 aromatic rings. The van der Waals surface area contributed by atoms with Gasteiger partial charge in [-0.05, 0) is 102 Å². The highest BCUT2D eigenvalue weighted by atomic mass is 14.4. The molecule has 0 heteroatoms. The van der Waals surface area contributed by atoms with Crippen LogP contribution in [0.4, 0.5) is 0 Å². The minimum Gasteiger partial charge on any atom is -0.0707 e. The Morgan fingerprint density at radius 1 is 0.550 bits per heavy atom. The van der Waals surface area contributed by atoms with Crippen molar-refractivity contribution in [3.63, 3.8) is 0 Å². The molecule has 0 amide bonds. The molecule has 2 atom stereocenters. The number of hydrogen-bond donors (Lipinski definition) is 0. The summed E-state index contributed by atoms with van der Waals surface area (Å²) in [7, 11) is 0. The molecule has 0 aromatic carbocycles. The molecule has 0 aliphatic heterocycles. The lowest BCUT2D eigenvalue weighted by Gasteiger charge is -2.23. The van der Waals surface area contributed by atoms with Crippen LogP contribution < -0.4 is 0 Å². The van der Waals surface area contributed by atoms with Gasteiger partial charge in [-0.15, -0.1) is 0 Å². The molecule has 4 aliphatic carbocycles. The normalized spacial score (nSPS) is 33.6. The van der Waals surface area contributed by atoms with Gasteiger partial charge in [0, 0.05) is 0 Å². The average molecular weight is 270 g/mol. The summed E-state index contributed by atoms with van der Waals surface area (Å²) >= 11 is 0. The maximum absolute atomic E-state index is 1.94. The summed E-state index contributed by atoms with van der Waals surface area (Å²) < 4.78 is 0. The van der Waals surface area contributed by atoms with Crippen LogP contribution in [0.1, 0.15) is 89.9 Å². The van der Waals surface area contributed by atoms with Crippen LogP contribution >= 0.6 is 0 Å². The molecule has 0 heterocycles. The highest BCUT2D eigenvalue weighted by Crippen LogP contribution is 2.46. The summed E-state index contributed by atoms with van der Waals surface area (Å²) in [5, 5.41) is 0. The van der Waals surface area contributed by atoms with Crippen molar-refractivity contribution in [1.82, 2.24) is 0 Å². The molecule has 110 valence electrons. The zero-order chi connectivity index (χ0) is 13.4. The van der Waals surface area contributed by atoms with E-state index in [-0.39, 0.29) is 0 Å². The Morgan fingerprint density at radius 2 is 1.00 bits per heavy atom. The first-order valence-electron chi connectivity index (χ1n) is 9.33. The van der Waals surface area contributed by atoms with Gasteiger partial charge in [0.25, 0.3) is 0 Å². The molecule has 4 aliphatic rings. The molecule has 0 aromatic heterocycles. The van der Waals surface area contributed by atoms with Crippen molar-refractivity contribution >= 4 is 0 Å². The van der Waals surface area contributed by atoms with Crippen molar-refractivity contribution in [3.8, 4) is 0 Å². The van der Waals surface area contributed by atoms with Crippen molar-refractivity contribution in [2.75, 3.05) is 0 Å². The van der Waals surface area contributed by atoms with Crippen LogP contribution in [0.25, 0.3) is 0 Å². The van der Waals surface area contributed by atoms with Gasteiger partial charge >= 0.3 is 0 Å². The molecule has 0 radical (unpaired) electrons. The molecule has 4 rings (SSSR count). The van der Waals surface area contributed by atoms with Gasteiger partial charge < -0.3 is 0 Å². The van der Waals surface area contributed by atoms with Crippen LogP contribution in [0.15, 0.2) is 22.3 Å². The van der Waals surface area contributed by atoms with E-state index in [0.29, 0.717) is 0 Å². The first-order chi connectivity index (χ1) is 9.92. The highest BCUT2D eigenvalue weighted by Gasteiger charge is 2.30. The summed E-state index contributed by atoms with van der Waals surface area (Å²) in [6, 6.07) is 0. The molecule has 2 unspecified atom stereocenters. The maximum Gasteiger partial charge on any atom is -0.0197 e. The first kappa shape index (κ1) is 13.2. The third-order valence-corrected chi connectivity index (χ3v) is 6.70. The van der Waals surface area contributed by atoms with Crippen molar-refractivity contribution in [1.29, 1.82) is 0 Å². The second-order valence-electron chi connectivity index (χ2n) is 7.72. The van der Waals surface area contributed by atoms with Gasteiger partial charge in [0.15, 0.2) is 0 Å². The van der Waals surface area contributed by atoms with E-state index in [0.717, 1.165) is 11.8 Å². The Labute approximate surface area is 124 Å². The second-order valence-corrected chi connectivity index (χ2v) is 7.72.